The number of methoxy groups -OCH3 is 1. The molecule has 2 saturated carbocycles. The maximum atomic E-state index is 12.1. The number of carbonyl (C=O) groups is 2. The van der Waals surface area contributed by atoms with Crippen molar-refractivity contribution in [3.05, 3.63) is 11.6 Å². The van der Waals surface area contributed by atoms with Gasteiger partial charge in [0, 0.05) is 30.9 Å². The van der Waals surface area contributed by atoms with Crippen molar-refractivity contribution in [3.63, 3.8) is 0 Å². The Bertz CT molecular complexity index is 697. The molecule has 2 fully saturated rings. The average Bonchev–Trinajstić information content (AvgIpc) is 2.97. The van der Waals surface area contributed by atoms with Gasteiger partial charge in [-0.3, -0.25) is 4.79 Å². The summed E-state index contributed by atoms with van der Waals surface area (Å²) in [6, 6.07) is 0. The van der Waals surface area contributed by atoms with Crippen molar-refractivity contribution in [2.24, 2.45) is 22.7 Å². The molecule has 1 aliphatic heterocycles. The van der Waals surface area contributed by atoms with Crippen molar-refractivity contribution < 1.29 is 28.9 Å². The maximum absolute atomic E-state index is 12.1. The van der Waals surface area contributed by atoms with Gasteiger partial charge in [0.05, 0.1) is 5.60 Å². The van der Waals surface area contributed by atoms with Crippen LogP contribution in [-0.2, 0) is 23.8 Å². The summed E-state index contributed by atoms with van der Waals surface area (Å²) < 4.78 is 16.1. The first kappa shape index (κ1) is 22.3. The van der Waals surface area contributed by atoms with Crippen molar-refractivity contribution in [1.29, 1.82) is 0 Å². The van der Waals surface area contributed by atoms with Crippen LogP contribution < -0.4 is 0 Å². The summed E-state index contributed by atoms with van der Waals surface area (Å²) in [5, 5.41) is 12.1. The van der Waals surface area contributed by atoms with Crippen LogP contribution in [0.15, 0.2) is 11.6 Å². The summed E-state index contributed by atoms with van der Waals surface area (Å²) in [5.41, 5.74) is -0.850. The topological polar surface area (TPSA) is 82.1 Å². The molecule has 6 nitrogen and oxygen atoms in total. The van der Waals surface area contributed by atoms with Crippen molar-refractivity contribution in [2.75, 3.05) is 7.11 Å². The van der Waals surface area contributed by atoms with Crippen LogP contribution in [0.2, 0.25) is 0 Å². The van der Waals surface area contributed by atoms with Crippen LogP contribution in [0, 0.1) is 22.7 Å². The molecule has 6 heteroatoms. The molecule has 0 unspecified atom stereocenters. The van der Waals surface area contributed by atoms with Crippen LogP contribution in [-0.4, -0.2) is 42.1 Å². The Morgan fingerprint density at radius 2 is 2.00 bits per heavy atom. The number of fused-ring (bicyclic) bond motifs is 1. The molecule has 6 atom stereocenters. The van der Waals surface area contributed by atoms with Crippen LogP contribution in [0.3, 0.4) is 0 Å². The lowest BCUT2D eigenvalue weighted by atomic mass is 9.43. The van der Waals surface area contributed by atoms with Gasteiger partial charge in [-0.15, -0.1) is 0 Å². The fraction of sp³-hybridized carbons (Fsp3) is 0.826. The SMILES string of the molecule is CO[C@@H]1C=C(CC[C@]2(O)[C@@H](C)C[C@H](OC(C)=O)[C@@H]3C(C)(C)CCC[C@]32C)C(=O)O1. The molecule has 0 saturated heterocycles. The number of hydrogen-bond acceptors (Lipinski definition) is 6. The fourth-order valence-electron chi connectivity index (χ4n) is 6.66. The molecule has 3 rings (SSSR count). The van der Waals surface area contributed by atoms with Crippen LogP contribution in [0.4, 0.5) is 0 Å². The van der Waals surface area contributed by atoms with E-state index in [1.165, 1.54) is 14.0 Å². The molecule has 29 heavy (non-hydrogen) atoms. The number of aliphatic hydroxyl groups is 1. The number of carbonyl (C=O) groups excluding carboxylic acids is 2. The Morgan fingerprint density at radius 3 is 2.59 bits per heavy atom. The van der Waals surface area contributed by atoms with Gasteiger partial charge < -0.3 is 19.3 Å². The van der Waals surface area contributed by atoms with Crippen molar-refractivity contribution >= 4 is 11.9 Å². The summed E-state index contributed by atoms with van der Waals surface area (Å²) >= 11 is 0. The average molecular weight is 409 g/mol. The van der Waals surface area contributed by atoms with Crippen molar-refractivity contribution in [1.82, 2.24) is 0 Å². The zero-order valence-corrected chi connectivity index (χ0v) is 18.6. The van der Waals surface area contributed by atoms with Gasteiger partial charge in [-0.25, -0.2) is 4.79 Å². The molecule has 1 N–H and O–H groups in total. The Morgan fingerprint density at radius 1 is 1.31 bits per heavy atom. The van der Waals surface area contributed by atoms with Crippen LogP contribution in [0.5, 0.6) is 0 Å². The second-order valence-corrected chi connectivity index (χ2v) is 10.1. The smallest absolute Gasteiger partial charge is 0.336 e. The fourth-order valence-corrected chi connectivity index (χ4v) is 6.66. The first-order valence-electron chi connectivity index (χ1n) is 10.8. The van der Waals surface area contributed by atoms with E-state index < -0.39 is 17.3 Å². The Labute approximate surface area is 174 Å². The number of hydrogen-bond donors (Lipinski definition) is 1. The standard InChI is InChI=1S/C23H36O6/c1-14-12-17(28-15(2)24)19-21(3,4)9-7-10-22(19,5)23(14,26)11-8-16-13-18(27-6)29-20(16)25/h13-14,17-19,26H,7-12H2,1-6H3/t14-,17-,18-,19+,22+,23-/m0/s1. The summed E-state index contributed by atoms with van der Waals surface area (Å²) in [6.07, 6.45) is 5.36. The van der Waals surface area contributed by atoms with E-state index in [-0.39, 0.29) is 35.3 Å². The predicted molar refractivity (Wildman–Crippen MR) is 108 cm³/mol. The maximum Gasteiger partial charge on any atom is 0.336 e. The van der Waals surface area contributed by atoms with E-state index in [1.54, 1.807) is 6.08 Å². The molecule has 164 valence electrons. The van der Waals surface area contributed by atoms with Crippen LogP contribution >= 0.6 is 0 Å². The highest BCUT2D eigenvalue weighted by atomic mass is 16.7. The Kier molecular flexibility index (Phi) is 5.91. The Balaban J connectivity index is 1.91. The predicted octanol–water partition coefficient (Wildman–Crippen LogP) is 3.76. The molecular weight excluding hydrogens is 372 g/mol. The third kappa shape index (κ3) is 3.74. The molecule has 0 bridgehead atoms. The van der Waals surface area contributed by atoms with Gasteiger partial charge in [-0.2, -0.15) is 0 Å². The van der Waals surface area contributed by atoms with Gasteiger partial charge in [0.1, 0.15) is 6.10 Å². The van der Waals surface area contributed by atoms with E-state index in [9.17, 15) is 14.7 Å². The number of ether oxygens (including phenoxy) is 3. The first-order valence-corrected chi connectivity index (χ1v) is 10.8. The van der Waals surface area contributed by atoms with E-state index in [0.717, 1.165) is 19.3 Å². The second kappa shape index (κ2) is 7.69. The van der Waals surface area contributed by atoms with Crippen LogP contribution in [0.1, 0.15) is 73.1 Å². The molecule has 0 aromatic rings. The van der Waals surface area contributed by atoms with Gasteiger partial charge in [0.2, 0.25) is 6.29 Å². The zero-order valence-electron chi connectivity index (χ0n) is 18.6. The quantitative estimate of drug-likeness (QED) is 0.698. The summed E-state index contributed by atoms with van der Waals surface area (Å²) in [5.74, 6) is -0.628. The molecule has 0 radical (unpaired) electrons. The monoisotopic (exact) mass is 408 g/mol. The minimum absolute atomic E-state index is 0.0477. The molecule has 3 aliphatic rings. The number of rotatable bonds is 5. The molecular formula is C23H36O6. The molecule has 0 aromatic heterocycles. The number of esters is 2. The lowest BCUT2D eigenvalue weighted by Crippen LogP contribution is -2.66. The van der Waals surface area contributed by atoms with Gasteiger partial charge in [0.25, 0.3) is 0 Å². The van der Waals surface area contributed by atoms with Crippen LogP contribution in [0.25, 0.3) is 0 Å². The van der Waals surface area contributed by atoms with E-state index in [2.05, 4.69) is 20.8 Å². The molecule has 0 aromatic carbocycles. The first-order chi connectivity index (χ1) is 13.4. The molecule has 1 heterocycles. The van der Waals surface area contributed by atoms with Gasteiger partial charge in [-0.05, 0) is 49.5 Å². The lowest BCUT2D eigenvalue weighted by Gasteiger charge is -2.64. The largest absolute Gasteiger partial charge is 0.462 e. The molecule has 0 amide bonds. The zero-order chi connectivity index (χ0) is 21.6. The van der Waals surface area contributed by atoms with E-state index in [0.29, 0.717) is 24.8 Å². The molecule has 2 aliphatic carbocycles. The van der Waals surface area contributed by atoms with Gasteiger partial charge in [0.15, 0.2) is 0 Å². The lowest BCUT2D eigenvalue weighted by molar-refractivity contribution is -0.249. The van der Waals surface area contributed by atoms with E-state index in [4.69, 9.17) is 14.2 Å². The highest BCUT2D eigenvalue weighted by molar-refractivity contribution is 5.90. The Hall–Kier alpha value is -1.40. The third-order valence-corrected chi connectivity index (χ3v) is 7.96. The summed E-state index contributed by atoms with van der Waals surface area (Å²) in [7, 11) is 1.50. The second-order valence-electron chi connectivity index (χ2n) is 10.1. The van der Waals surface area contributed by atoms with Gasteiger partial charge >= 0.3 is 11.9 Å². The molecule has 0 spiro atoms. The minimum Gasteiger partial charge on any atom is -0.462 e. The van der Waals surface area contributed by atoms with Crippen molar-refractivity contribution in [2.45, 2.75) is 91.1 Å². The number of cyclic esters (lactones) is 1. The van der Waals surface area contributed by atoms with E-state index >= 15 is 0 Å². The minimum atomic E-state index is -0.960. The van der Waals surface area contributed by atoms with Crippen molar-refractivity contribution in [3.8, 4) is 0 Å². The summed E-state index contributed by atoms with van der Waals surface area (Å²) in [4.78, 5) is 23.9. The highest BCUT2D eigenvalue weighted by Crippen LogP contribution is 2.64. The summed E-state index contributed by atoms with van der Waals surface area (Å²) in [6.45, 7) is 10.1. The third-order valence-electron chi connectivity index (χ3n) is 7.96. The highest BCUT2D eigenvalue weighted by Gasteiger charge is 2.65. The van der Waals surface area contributed by atoms with E-state index in [1.807, 2.05) is 6.92 Å². The van der Waals surface area contributed by atoms with Gasteiger partial charge in [-0.1, -0.05) is 34.1 Å². The normalized spacial score (nSPS) is 41.3.